The lowest BCUT2D eigenvalue weighted by molar-refractivity contribution is -0.389. The van der Waals surface area contributed by atoms with Gasteiger partial charge in [-0.2, -0.15) is 9.78 Å². The van der Waals surface area contributed by atoms with E-state index in [1.54, 1.807) is 29.1 Å². The maximum Gasteiger partial charge on any atom is 0.408 e. The molecule has 9 nitrogen and oxygen atoms in total. The number of halogens is 4. The molecule has 2 aromatic heterocycles. The monoisotopic (exact) mass is 520 g/mol. The van der Waals surface area contributed by atoms with Crippen LogP contribution in [0.4, 0.5) is 11.6 Å². The highest BCUT2D eigenvalue weighted by atomic mass is 79.9. The van der Waals surface area contributed by atoms with Crippen molar-refractivity contribution in [2.75, 3.05) is 5.32 Å². The Morgan fingerprint density at radius 3 is 2.66 bits per heavy atom. The zero-order valence-electron chi connectivity index (χ0n) is 14.7. The number of nitrogens with zero attached hydrogens (tertiary/aromatic N) is 5. The Labute approximate surface area is 187 Å². The van der Waals surface area contributed by atoms with E-state index in [0.29, 0.717) is 26.8 Å². The zero-order chi connectivity index (χ0) is 21.3. The Bertz CT molecular complexity index is 1110. The van der Waals surface area contributed by atoms with E-state index in [0.717, 1.165) is 10.2 Å². The minimum atomic E-state index is -0.704. The van der Waals surface area contributed by atoms with E-state index in [-0.39, 0.29) is 17.4 Å². The third-order valence-electron chi connectivity index (χ3n) is 3.91. The van der Waals surface area contributed by atoms with E-state index in [1.165, 1.54) is 6.92 Å². The molecular weight excluding hydrogens is 510 g/mol. The highest BCUT2D eigenvalue weighted by Gasteiger charge is 2.25. The fourth-order valence-electron chi connectivity index (χ4n) is 2.47. The van der Waals surface area contributed by atoms with Crippen molar-refractivity contribution in [1.29, 1.82) is 0 Å². The predicted octanol–water partition coefficient (Wildman–Crippen LogP) is 4.71. The van der Waals surface area contributed by atoms with E-state index in [9.17, 15) is 14.9 Å². The number of rotatable bonds is 6. The number of carbonyl (C=O) groups excluding carboxylic acids is 1. The standard InChI is InChI=1S/C16H12BrCl3N6O3/c1-8-14(20)16(26(28)29)23-25(8)7-13(27)21-15-11(17)6-24(22-15)5-9-2-3-10(18)4-12(9)19/h2-4,6H,5,7H2,1H3,(H,21,22,27). The molecule has 1 amide bonds. The van der Waals surface area contributed by atoms with Crippen LogP contribution < -0.4 is 5.32 Å². The van der Waals surface area contributed by atoms with Crippen molar-refractivity contribution in [3.8, 4) is 0 Å². The largest absolute Gasteiger partial charge is 0.408 e. The summed E-state index contributed by atoms with van der Waals surface area (Å²) < 4.78 is 3.31. The molecule has 1 N–H and O–H groups in total. The second-order valence-corrected chi connectivity index (χ2v) is 8.02. The molecule has 0 bridgehead atoms. The maximum absolute atomic E-state index is 12.3. The second kappa shape index (κ2) is 8.70. The number of hydrogen-bond acceptors (Lipinski definition) is 5. The van der Waals surface area contributed by atoms with Crippen molar-refractivity contribution in [2.24, 2.45) is 0 Å². The van der Waals surface area contributed by atoms with E-state index < -0.39 is 16.6 Å². The fourth-order valence-corrected chi connectivity index (χ4v) is 3.56. The van der Waals surface area contributed by atoms with Gasteiger partial charge in [0, 0.05) is 16.2 Å². The van der Waals surface area contributed by atoms with Crippen LogP contribution in [-0.2, 0) is 17.9 Å². The van der Waals surface area contributed by atoms with Crippen LogP contribution in [0.25, 0.3) is 0 Å². The Morgan fingerprint density at radius 2 is 2.03 bits per heavy atom. The van der Waals surface area contributed by atoms with Crippen LogP contribution in [0.3, 0.4) is 0 Å². The molecule has 0 saturated heterocycles. The highest BCUT2D eigenvalue weighted by molar-refractivity contribution is 9.10. The molecule has 29 heavy (non-hydrogen) atoms. The summed E-state index contributed by atoms with van der Waals surface area (Å²) in [5.41, 5.74) is 1.12. The van der Waals surface area contributed by atoms with Crippen LogP contribution in [0.1, 0.15) is 11.3 Å². The van der Waals surface area contributed by atoms with Crippen LogP contribution in [0, 0.1) is 17.0 Å². The maximum atomic E-state index is 12.3. The Hall–Kier alpha value is -2.14. The number of hydrogen-bond donors (Lipinski definition) is 1. The SMILES string of the molecule is Cc1c(Cl)c([N+](=O)[O-])nn1CC(=O)Nc1nn(Cc2ccc(Cl)cc2Cl)cc1Br. The number of amides is 1. The molecule has 3 aromatic rings. The van der Waals surface area contributed by atoms with Gasteiger partial charge in [0.25, 0.3) is 0 Å². The van der Waals surface area contributed by atoms with E-state index in [4.69, 9.17) is 34.8 Å². The lowest BCUT2D eigenvalue weighted by Crippen LogP contribution is -2.21. The molecule has 0 radical (unpaired) electrons. The first-order valence-corrected chi connectivity index (χ1v) is 9.92. The van der Waals surface area contributed by atoms with E-state index >= 15 is 0 Å². The zero-order valence-corrected chi connectivity index (χ0v) is 18.6. The quantitative estimate of drug-likeness (QED) is 0.373. The Balaban J connectivity index is 1.72. The van der Waals surface area contributed by atoms with Gasteiger partial charge in [-0.1, -0.05) is 40.9 Å². The summed E-state index contributed by atoms with van der Waals surface area (Å²) in [5.74, 6) is -0.689. The van der Waals surface area contributed by atoms with Crippen LogP contribution in [-0.4, -0.2) is 30.4 Å². The highest BCUT2D eigenvalue weighted by Crippen LogP contribution is 2.27. The van der Waals surface area contributed by atoms with Crippen molar-refractivity contribution >= 4 is 68.3 Å². The molecule has 0 aliphatic heterocycles. The van der Waals surface area contributed by atoms with Crippen molar-refractivity contribution < 1.29 is 9.72 Å². The molecule has 1 aromatic carbocycles. The van der Waals surface area contributed by atoms with Crippen molar-refractivity contribution in [3.05, 3.63) is 65.3 Å². The normalized spacial score (nSPS) is 10.9. The lowest BCUT2D eigenvalue weighted by Gasteiger charge is -2.05. The van der Waals surface area contributed by atoms with Gasteiger partial charge in [-0.15, -0.1) is 0 Å². The van der Waals surface area contributed by atoms with Gasteiger partial charge in [-0.25, -0.2) is 0 Å². The molecular formula is C16H12BrCl3N6O3. The molecule has 13 heteroatoms. The van der Waals surface area contributed by atoms with Crippen LogP contribution in [0.2, 0.25) is 15.1 Å². The van der Waals surface area contributed by atoms with Crippen molar-refractivity contribution in [2.45, 2.75) is 20.0 Å². The number of aromatic nitrogens is 4. The summed E-state index contributed by atoms with van der Waals surface area (Å²) in [6.07, 6.45) is 1.68. The number of benzene rings is 1. The molecule has 0 aliphatic rings. The van der Waals surface area contributed by atoms with Gasteiger partial charge in [-0.3, -0.25) is 9.48 Å². The lowest BCUT2D eigenvalue weighted by atomic mass is 10.2. The van der Waals surface area contributed by atoms with Gasteiger partial charge >= 0.3 is 5.82 Å². The number of nitrogens with one attached hydrogen (secondary N) is 1. The first-order valence-electron chi connectivity index (χ1n) is 7.99. The number of anilines is 1. The minimum absolute atomic E-state index is 0.104. The summed E-state index contributed by atoms with van der Waals surface area (Å²) in [4.78, 5) is 22.6. The topological polar surface area (TPSA) is 108 Å². The first-order chi connectivity index (χ1) is 13.7. The van der Waals surface area contributed by atoms with Crippen LogP contribution in [0.5, 0.6) is 0 Å². The predicted molar refractivity (Wildman–Crippen MR) is 113 cm³/mol. The molecule has 2 heterocycles. The molecule has 152 valence electrons. The average Bonchev–Trinajstić information content (AvgIpc) is 3.11. The third kappa shape index (κ3) is 4.89. The molecule has 0 aliphatic carbocycles. The molecule has 0 spiro atoms. The molecule has 0 fully saturated rings. The van der Waals surface area contributed by atoms with Gasteiger partial charge < -0.3 is 15.4 Å². The molecule has 0 atom stereocenters. The second-order valence-electron chi connectivity index (χ2n) is 5.94. The molecule has 3 rings (SSSR count). The van der Waals surface area contributed by atoms with Gasteiger partial charge in [-0.05, 0) is 45.5 Å². The van der Waals surface area contributed by atoms with E-state index in [1.807, 2.05) is 0 Å². The van der Waals surface area contributed by atoms with Crippen LogP contribution in [0.15, 0.2) is 28.9 Å². The van der Waals surface area contributed by atoms with Gasteiger partial charge in [0.2, 0.25) is 5.91 Å². The van der Waals surface area contributed by atoms with Crippen LogP contribution >= 0.6 is 50.7 Å². The summed E-state index contributed by atoms with van der Waals surface area (Å²) in [6, 6.07) is 5.15. The van der Waals surface area contributed by atoms with Gasteiger partial charge in [0.05, 0.1) is 21.8 Å². The Morgan fingerprint density at radius 1 is 1.31 bits per heavy atom. The smallest absolute Gasteiger partial charge is 0.358 e. The summed E-state index contributed by atoms with van der Waals surface area (Å²) >= 11 is 21.3. The average molecular weight is 523 g/mol. The summed E-state index contributed by atoms with van der Waals surface area (Å²) in [5, 5.41) is 22.5. The number of nitro groups is 1. The van der Waals surface area contributed by atoms with E-state index in [2.05, 4.69) is 31.4 Å². The van der Waals surface area contributed by atoms with Crippen molar-refractivity contribution in [3.63, 3.8) is 0 Å². The summed E-state index contributed by atoms with van der Waals surface area (Å²) in [6.45, 7) is 1.64. The van der Waals surface area contributed by atoms with Gasteiger partial charge in [0.1, 0.15) is 6.54 Å². The summed E-state index contributed by atoms with van der Waals surface area (Å²) in [7, 11) is 0. The van der Waals surface area contributed by atoms with Crippen molar-refractivity contribution in [1.82, 2.24) is 19.6 Å². The third-order valence-corrected chi connectivity index (χ3v) is 5.51. The number of carbonyl (C=O) groups is 1. The van der Waals surface area contributed by atoms with Gasteiger partial charge in [0.15, 0.2) is 10.8 Å². The first kappa shape index (κ1) is 21.6. The minimum Gasteiger partial charge on any atom is -0.358 e. The molecule has 0 saturated carbocycles. The Kier molecular flexibility index (Phi) is 6.47. The fraction of sp³-hybridized carbons (Fsp3) is 0.188. The molecule has 0 unspecified atom stereocenters.